The molecule has 0 unspecified atom stereocenters. The third-order valence-corrected chi connectivity index (χ3v) is 4.15. The third kappa shape index (κ3) is 2.95. The molecule has 5 nitrogen and oxygen atoms in total. The van der Waals surface area contributed by atoms with Crippen molar-refractivity contribution in [3.63, 3.8) is 0 Å². The molecular weight excluding hydrogens is 316 g/mol. The monoisotopic (exact) mass is 331 g/mol. The van der Waals surface area contributed by atoms with Gasteiger partial charge in [0, 0.05) is 7.05 Å². The second-order valence-electron chi connectivity index (χ2n) is 5.32. The van der Waals surface area contributed by atoms with Crippen molar-refractivity contribution >= 4 is 22.6 Å². The van der Waals surface area contributed by atoms with Crippen molar-refractivity contribution in [1.82, 2.24) is 14.5 Å². The van der Waals surface area contributed by atoms with E-state index in [2.05, 4.69) is 14.7 Å². The van der Waals surface area contributed by atoms with Crippen molar-refractivity contribution < 1.29 is 18.3 Å². The van der Waals surface area contributed by atoms with Crippen LogP contribution in [-0.4, -0.2) is 27.3 Å². The summed E-state index contributed by atoms with van der Waals surface area (Å²) >= 11 is 6.11. The summed E-state index contributed by atoms with van der Waals surface area (Å²) in [5, 5.41) is 0.00583. The number of rotatable bonds is 4. The molecule has 0 amide bonds. The van der Waals surface area contributed by atoms with Gasteiger partial charge in [-0.2, -0.15) is 13.8 Å². The zero-order chi connectivity index (χ0) is 15.7. The summed E-state index contributed by atoms with van der Waals surface area (Å²) in [6, 6.07) is 0.416. The highest BCUT2D eigenvalue weighted by Gasteiger charge is 2.22. The van der Waals surface area contributed by atoms with E-state index >= 15 is 0 Å². The van der Waals surface area contributed by atoms with Crippen LogP contribution >= 0.6 is 11.6 Å². The van der Waals surface area contributed by atoms with Crippen LogP contribution in [0.25, 0.3) is 11.0 Å². The Morgan fingerprint density at radius 3 is 2.73 bits per heavy atom. The van der Waals surface area contributed by atoms with Crippen LogP contribution in [0.2, 0.25) is 5.02 Å². The summed E-state index contributed by atoms with van der Waals surface area (Å²) in [6.07, 6.45) is 6.99. The topological polar surface area (TPSA) is 49.2 Å². The Bertz CT molecular complexity index is 672. The van der Waals surface area contributed by atoms with E-state index in [0.717, 1.165) is 25.7 Å². The molecular formula is C14H16ClF2N3O2. The summed E-state index contributed by atoms with van der Waals surface area (Å²) in [7, 11) is 1.73. The highest BCUT2D eigenvalue weighted by molar-refractivity contribution is 6.36. The van der Waals surface area contributed by atoms with Crippen molar-refractivity contribution in [2.45, 2.75) is 44.8 Å². The van der Waals surface area contributed by atoms with E-state index in [9.17, 15) is 8.78 Å². The van der Waals surface area contributed by atoms with Crippen LogP contribution in [0.15, 0.2) is 6.20 Å². The van der Waals surface area contributed by atoms with Gasteiger partial charge >= 0.3 is 6.61 Å². The van der Waals surface area contributed by atoms with Gasteiger partial charge in [0.05, 0.1) is 11.7 Å². The molecule has 120 valence electrons. The highest BCUT2D eigenvalue weighted by Crippen LogP contribution is 2.34. The number of ether oxygens (including phenoxy) is 2. The SMILES string of the molecule is Cn1c(OC2CCCCC2)nc2cnc(OC(F)F)c(Cl)c21. The maximum absolute atomic E-state index is 12.3. The van der Waals surface area contributed by atoms with E-state index in [1.807, 2.05) is 0 Å². The molecule has 0 aliphatic heterocycles. The molecule has 0 aromatic carbocycles. The third-order valence-electron chi connectivity index (χ3n) is 3.81. The Morgan fingerprint density at radius 1 is 1.32 bits per heavy atom. The largest absolute Gasteiger partial charge is 0.461 e. The fourth-order valence-corrected chi connectivity index (χ4v) is 3.05. The minimum absolute atomic E-state index is 0.00583. The van der Waals surface area contributed by atoms with Gasteiger partial charge in [-0.05, 0) is 25.7 Å². The lowest BCUT2D eigenvalue weighted by Gasteiger charge is -2.22. The number of halogens is 3. The van der Waals surface area contributed by atoms with Crippen molar-refractivity contribution in [3.8, 4) is 11.9 Å². The van der Waals surface area contributed by atoms with E-state index in [1.54, 1.807) is 11.6 Å². The van der Waals surface area contributed by atoms with Gasteiger partial charge in [0.2, 0.25) is 5.88 Å². The Balaban J connectivity index is 1.92. The normalized spacial score (nSPS) is 16.4. The van der Waals surface area contributed by atoms with Gasteiger partial charge in [0.25, 0.3) is 6.01 Å². The number of alkyl halides is 2. The van der Waals surface area contributed by atoms with Crippen molar-refractivity contribution in [2.24, 2.45) is 7.05 Å². The average molecular weight is 332 g/mol. The van der Waals surface area contributed by atoms with E-state index in [-0.39, 0.29) is 17.0 Å². The maximum atomic E-state index is 12.3. The Kier molecular flexibility index (Phi) is 4.33. The molecule has 1 aliphatic carbocycles. The number of fused-ring (bicyclic) bond motifs is 1. The van der Waals surface area contributed by atoms with E-state index in [4.69, 9.17) is 16.3 Å². The lowest BCUT2D eigenvalue weighted by molar-refractivity contribution is -0.0526. The molecule has 2 aromatic heterocycles. The standard InChI is InChI=1S/C14H16ClF2N3O2/c1-20-11-9(7-18-12(10(11)15)22-13(16)17)19-14(20)21-8-5-3-2-4-6-8/h7-8,13H,2-6H2,1H3. The number of imidazole rings is 1. The van der Waals surface area contributed by atoms with Gasteiger partial charge in [-0.3, -0.25) is 4.57 Å². The minimum atomic E-state index is -2.98. The molecule has 0 atom stereocenters. The lowest BCUT2D eigenvalue weighted by atomic mass is 9.98. The smallest absolute Gasteiger partial charge is 0.388 e. The first-order valence-corrected chi connectivity index (χ1v) is 7.56. The van der Waals surface area contributed by atoms with Crippen LogP contribution in [-0.2, 0) is 7.05 Å². The zero-order valence-corrected chi connectivity index (χ0v) is 12.8. The Labute approximate surface area is 131 Å². The van der Waals surface area contributed by atoms with E-state index in [1.165, 1.54) is 12.6 Å². The Morgan fingerprint density at radius 2 is 2.05 bits per heavy atom. The summed E-state index contributed by atoms with van der Waals surface area (Å²) in [6.45, 7) is -2.98. The number of aromatic nitrogens is 3. The molecule has 0 bridgehead atoms. The predicted octanol–water partition coefficient (Wildman–Crippen LogP) is 3.93. The fourth-order valence-electron chi connectivity index (χ4n) is 2.73. The maximum Gasteiger partial charge on any atom is 0.388 e. The Hall–Kier alpha value is -1.63. The zero-order valence-electron chi connectivity index (χ0n) is 12.1. The van der Waals surface area contributed by atoms with Gasteiger partial charge in [0.15, 0.2) is 0 Å². The molecule has 1 saturated carbocycles. The van der Waals surface area contributed by atoms with E-state index < -0.39 is 6.61 Å². The van der Waals surface area contributed by atoms with Crippen LogP contribution in [0.5, 0.6) is 11.9 Å². The molecule has 0 radical (unpaired) electrons. The number of pyridine rings is 1. The van der Waals surface area contributed by atoms with Gasteiger partial charge in [-0.1, -0.05) is 18.0 Å². The van der Waals surface area contributed by atoms with Crippen LogP contribution in [0.4, 0.5) is 8.78 Å². The quantitative estimate of drug-likeness (QED) is 0.851. The number of hydrogen-bond acceptors (Lipinski definition) is 4. The summed E-state index contributed by atoms with van der Waals surface area (Å²) in [5.41, 5.74) is 0.957. The van der Waals surface area contributed by atoms with Gasteiger partial charge in [-0.25, -0.2) is 4.98 Å². The van der Waals surface area contributed by atoms with Gasteiger partial charge in [-0.15, -0.1) is 0 Å². The van der Waals surface area contributed by atoms with Crippen LogP contribution in [0.3, 0.4) is 0 Å². The van der Waals surface area contributed by atoms with Crippen molar-refractivity contribution in [2.75, 3.05) is 0 Å². The first-order chi connectivity index (χ1) is 10.6. The van der Waals surface area contributed by atoms with Crippen LogP contribution < -0.4 is 9.47 Å². The average Bonchev–Trinajstić information content (AvgIpc) is 2.80. The molecule has 1 aliphatic rings. The molecule has 1 fully saturated rings. The first kappa shape index (κ1) is 15.3. The summed E-state index contributed by atoms with van der Waals surface area (Å²) in [5.74, 6) is -0.309. The second-order valence-corrected chi connectivity index (χ2v) is 5.70. The lowest BCUT2D eigenvalue weighted by Crippen LogP contribution is -2.21. The second kappa shape index (κ2) is 6.24. The molecule has 2 heterocycles. The highest BCUT2D eigenvalue weighted by atomic mass is 35.5. The predicted molar refractivity (Wildman–Crippen MR) is 77.7 cm³/mol. The van der Waals surface area contributed by atoms with E-state index in [0.29, 0.717) is 17.0 Å². The van der Waals surface area contributed by atoms with Crippen LogP contribution in [0.1, 0.15) is 32.1 Å². The molecule has 0 spiro atoms. The molecule has 0 saturated heterocycles. The number of nitrogens with zero attached hydrogens (tertiary/aromatic N) is 3. The summed E-state index contributed by atoms with van der Waals surface area (Å²) in [4.78, 5) is 8.12. The molecule has 22 heavy (non-hydrogen) atoms. The van der Waals surface area contributed by atoms with Crippen molar-refractivity contribution in [3.05, 3.63) is 11.2 Å². The van der Waals surface area contributed by atoms with Gasteiger partial charge in [0.1, 0.15) is 16.6 Å². The first-order valence-electron chi connectivity index (χ1n) is 7.18. The molecule has 3 rings (SSSR count). The van der Waals surface area contributed by atoms with Gasteiger partial charge < -0.3 is 9.47 Å². The fraction of sp³-hybridized carbons (Fsp3) is 0.571. The number of hydrogen-bond donors (Lipinski definition) is 0. The number of aryl methyl sites for hydroxylation is 1. The minimum Gasteiger partial charge on any atom is -0.461 e. The molecule has 0 N–H and O–H groups in total. The van der Waals surface area contributed by atoms with Crippen molar-refractivity contribution in [1.29, 1.82) is 0 Å². The molecule has 8 heteroatoms. The van der Waals surface area contributed by atoms with Crippen LogP contribution in [0, 0.1) is 0 Å². The summed E-state index contributed by atoms with van der Waals surface area (Å²) < 4.78 is 36.6. The molecule has 2 aromatic rings.